The van der Waals surface area contributed by atoms with Crippen molar-refractivity contribution in [3.63, 3.8) is 0 Å². The van der Waals surface area contributed by atoms with E-state index in [9.17, 15) is 14.9 Å². The molecule has 0 bridgehead atoms. The Hall–Kier alpha value is -2.22. The van der Waals surface area contributed by atoms with Gasteiger partial charge in [-0.25, -0.2) is 4.79 Å². The molecule has 0 saturated heterocycles. The van der Waals surface area contributed by atoms with Crippen molar-refractivity contribution in [3.8, 4) is 11.3 Å². The molecule has 0 atom stereocenters. The van der Waals surface area contributed by atoms with Crippen molar-refractivity contribution in [3.05, 3.63) is 46.1 Å². The summed E-state index contributed by atoms with van der Waals surface area (Å²) >= 11 is 3.29. The highest BCUT2D eigenvalue weighted by molar-refractivity contribution is 9.08. The van der Waals surface area contributed by atoms with Gasteiger partial charge in [0.1, 0.15) is 11.3 Å². The molecule has 1 aromatic heterocycles. The molecular weight excluding hydrogens is 366 g/mol. The molecule has 1 aromatic carbocycles. The second kappa shape index (κ2) is 6.49. The van der Waals surface area contributed by atoms with Crippen molar-refractivity contribution < 1.29 is 14.5 Å². The number of ether oxygens (including phenoxy) is 1. The average Bonchev–Trinajstić information content (AvgIpc) is 2.89. The molecule has 0 aliphatic rings. The van der Waals surface area contributed by atoms with E-state index in [4.69, 9.17) is 4.74 Å². The number of benzene rings is 1. The Morgan fingerprint density at radius 1 is 1.39 bits per heavy atom. The van der Waals surface area contributed by atoms with Gasteiger partial charge in [-0.1, -0.05) is 28.1 Å². The van der Waals surface area contributed by atoms with Crippen LogP contribution in [0.2, 0.25) is 0 Å². The Bertz CT molecular complexity index is 749. The predicted molar refractivity (Wildman–Crippen MR) is 88.6 cm³/mol. The Labute approximate surface area is 141 Å². The molecular formula is C15H16BrN3O4. The zero-order valence-electron chi connectivity index (χ0n) is 12.9. The van der Waals surface area contributed by atoms with Crippen molar-refractivity contribution in [2.24, 2.45) is 0 Å². The van der Waals surface area contributed by atoms with Crippen LogP contribution in [-0.4, -0.2) is 26.4 Å². The van der Waals surface area contributed by atoms with Gasteiger partial charge in [-0.3, -0.25) is 10.1 Å². The molecule has 0 N–H and O–H groups in total. The van der Waals surface area contributed by atoms with E-state index < -0.39 is 16.6 Å². The summed E-state index contributed by atoms with van der Waals surface area (Å²) in [6.07, 6.45) is -0.628. The summed E-state index contributed by atoms with van der Waals surface area (Å²) in [6, 6.07) is 7.88. The van der Waals surface area contributed by atoms with Crippen molar-refractivity contribution >= 4 is 27.7 Å². The number of para-hydroxylation sites is 1. The highest BCUT2D eigenvalue weighted by atomic mass is 79.9. The lowest BCUT2D eigenvalue weighted by molar-refractivity contribution is -0.384. The normalized spacial score (nSPS) is 11.3. The minimum Gasteiger partial charge on any atom is -0.442 e. The minimum atomic E-state index is -0.661. The molecule has 2 aromatic rings. The molecule has 1 heterocycles. The van der Waals surface area contributed by atoms with Crippen LogP contribution in [0.15, 0.2) is 30.3 Å². The maximum atomic E-state index is 12.2. The van der Waals surface area contributed by atoms with E-state index in [1.165, 1.54) is 6.07 Å². The third-order valence-electron chi connectivity index (χ3n) is 2.86. The summed E-state index contributed by atoms with van der Waals surface area (Å²) < 4.78 is 6.42. The SMILES string of the molecule is CC(C)(C)OC(=O)n1nc(-c2ccccc2[N+](=O)[O-])cc1CBr. The van der Waals surface area contributed by atoms with Gasteiger partial charge < -0.3 is 4.74 Å². The summed E-state index contributed by atoms with van der Waals surface area (Å²) in [6.45, 7) is 5.27. The fourth-order valence-corrected chi connectivity index (χ4v) is 2.36. The first kappa shape index (κ1) is 17.1. The molecule has 0 spiro atoms. The van der Waals surface area contributed by atoms with Gasteiger partial charge in [0.25, 0.3) is 5.69 Å². The zero-order valence-corrected chi connectivity index (χ0v) is 14.5. The van der Waals surface area contributed by atoms with Gasteiger partial charge >= 0.3 is 6.09 Å². The second-order valence-electron chi connectivity index (χ2n) is 5.82. The largest absolute Gasteiger partial charge is 0.442 e. The quantitative estimate of drug-likeness (QED) is 0.452. The van der Waals surface area contributed by atoms with Gasteiger partial charge in [0.05, 0.1) is 16.2 Å². The summed E-state index contributed by atoms with van der Waals surface area (Å²) in [5, 5.41) is 15.7. The maximum absolute atomic E-state index is 12.2. The Morgan fingerprint density at radius 3 is 2.61 bits per heavy atom. The molecule has 0 unspecified atom stereocenters. The topological polar surface area (TPSA) is 87.3 Å². The third kappa shape index (κ3) is 3.95. The molecule has 0 radical (unpaired) electrons. The Balaban J connectivity index is 2.48. The highest BCUT2D eigenvalue weighted by Crippen LogP contribution is 2.29. The van der Waals surface area contributed by atoms with Crippen molar-refractivity contribution in [1.82, 2.24) is 9.78 Å². The summed E-state index contributed by atoms with van der Waals surface area (Å²) in [5.74, 6) is 0. The lowest BCUT2D eigenvalue weighted by atomic mass is 10.1. The van der Waals surface area contributed by atoms with Crippen LogP contribution in [0, 0.1) is 10.1 Å². The van der Waals surface area contributed by atoms with E-state index in [0.29, 0.717) is 22.3 Å². The smallest absolute Gasteiger partial charge is 0.435 e. The molecule has 2 rings (SSSR count). The first-order valence-electron chi connectivity index (χ1n) is 6.85. The van der Waals surface area contributed by atoms with E-state index in [-0.39, 0.29) is 5.69 Å². The molecule has 7 nitrogen and oxygen atoms in total. The van der Waals surface area contributed by atoms with Crippen LogP contribution in [0.1, 0.15) is 26.5 Å². The average molecular weight is 382 g/mol. The van der Waals surface area contributed by atoms with E-state index in [1.54, 1.807) is 45.0 Å². The number of nitro benzene ring substituents is 1. The number of hydrogen-bond acceptors (Lipinski definition) is 5. The van der Waals surface area contributed by atoms with Gasteiger partial charge in [0.2, 0.25) is 0 Å². The van der Waals surface area contributed by atoms with E-state index in [2.05, 4.69) is 21.0 Å². The number of alkyl halides is 1. The van der Waals surface area contributed by atoms with Crippen LogP contribution < -0.4 is 0 Å². The molecule has 122 valence electrons. The van der Waals surface area contributed by atoms with E-state index in [0.717, 1.165) is 4.68 Å². The number of aromatic nitrogens is 2. The van der Waals surface area contributed by atoms with Crippen LogP contribution >= 0.6 is 15.9 Å². The van der Waals surface area contributed by atoms with Crippen molar-refractivity contribution in [1.29, 1.82) is 0 Å². The molecule has 0 fully saturated rings. The second-order valence-corrected chi connectivity index (χ2v) is 6.38. The summed E-state index contributed by atoms with van der Waals surface area (Å²) in [4.78, 5) is 22.9. The molecule has 0 aliphatic carbocycles. The Kier molecular flexibility index (Phi) is 4.84. The fraction of sp³-hybridized carbons (Fsp3) is 0.333. The fourth-order valence-electron chi connectivity index (χ4n) is 1.96. The van der Waals surface area contributed by atoms with E-state index in [1.807, 2.05) is 0 Å². The van der Waals surface area contributed by atoms with Crippen LogP contribution in [0.3, 0.4) is 0 Å². The molecule has 23 heavy (non-hydrogen) atoms. The number of halogens is 1. The first-order valence-corrected chi connectivity index (χ1v) is 7.97. The Morgan fingerprint density at radius 2 is 2.04 bits per heavy atom. The predicted octanol–water partition coefficient (Wildman–Crippen LogP) is 4.14. The molecule has 0 saturated carbocycles. The number of hydrogen-bond donors (Lipinski definition) is 0. The monoisotopic (exact) mass is 381 g/mol. The van der Waals surface area contributed by atoms with Gasteiger partial charge in [0.15, 0.2) is 0 Å². The van der Waals surface area contributed by atoms with Crippen LogP contribution in [-0.2, 0) is 10.1 Å². The first-order chi connectivity index (χ1) is 10.7. The number of nitrogens with zero attached hydrogens (tertiary/aromatic N) is 3. The van der Waals surface area contributed by atoms with Gasteiger partial charge in [0, 0.05) is 11.4 Å². The van der Waals surface area contributed by atoms with Crippen LogP contribution in [0.5, 0.6) is 0 Å². The number of carbonyl (C=O) groups excluding carboxylic acids is 1. The molecule has 0 amide bonds. The summed E-state index contributed by atoms with van der Waals surface area (Å²) in [7, 11) is 0. The van der Waals surface area contributed by atoms with Gasteiger partial charge in [-0.05, 0) is 32.9 Å². The van der Waals surface area contributed by atoms with Crippen LogP contribution in [0.4, 0.5) is 10.5 Å². The van der Waals surface area contributed by atoms with Crippen molar-refractivity contribution in [2.45, 2.75) is 31.7 Å². The van der Waals surface area contributed by atoms with Gasteiger partial charge in [-0.2, -0.15) is 9.78 Å². The maximum Gasteiger partial charge on any atom is 0.435 e. The molecule has 0 aliphatic heterocycles. The number of nitro groups is 1. The van der Waals surface area contributed by atoms with Crippen LogP contribution in [0.25, 0.3) is 11.3 Å². The number of carbonyl (C=O) groups is 1. The minimum absolute atomic E-state index is 0.0672. The zero-order chi connectivity index (χ0) is 17.2. The molecule has 8 heteroatoms. The highest BCUT2D eigenvalue weighted by Gasteiger charge is 2.24. The summed E-state index contributed by atoms with van der Waals surface area (Å²) in [5.41, 5.74) is 0.514. The van der Waals surface area contributed by atoms with Crippen molar-refractivity contribution in [2.75, 3.05) is 0 Å². The van der Waals surface area contributed by atoms with E-state index >= 15 is 0 Å². The third-order valence-corrected chi connectivity index (χ3v) is 3.44. The standard InChI is InChI=1S/C15H16BrN3O4/c1-15(2,3)23-14(20)18-10(9-16)8-12(17-18)11-6-4-5-7-13(11)19(21)22/h4-8H,9H2,1-3H3. The number of rotatable bonds is 3. The van der Waals surface area contributed by atoms with Gasteiger partial charge in [-0.15, -0.1) is 0 Å². The lowest BCUT2D eigenvalue weighted by Gasteiger charge is -2.19. The lowest BCUT2D eigenvalue weighted by Crippen LogP contribution is -2.28.